The Morgan fingerprint density at radius 2 is 2.05 bits per heavy atom. The van der Waals surface area contributed by atoms with Crippen LogP contribution in [-0.2, 0) is 0 Å². The predicted molar refractivity (Wildman–Crippen MR) is 61.4 cm³/mol. The largest absolute Gasteiger partial charge is 0.346 e. The number of nitro benzene ring substituents is 1. The number of nitrogens with zero attached hydrogens (tertiary/aromatic N) is 1. The minimum atomic E-state index is -4.37. The minimum Gasteiger partial charge on any atom is -0.346 e. The van der Waals surface area contributed by atoms with Gasteiger partial charge in [-0.25, -0.2) is 8.78 Å². The summed E-state index contributed by atoms with van der Waals surface area (Å²) in [6.07, 6.45) is -3.92. The molecule has 1 aromatic carbocycles. The molecule has 1 N–H and O–H groups in total. The van der Waals surface area contributed by atoms with Crippen molar-refractivity contribution in [1.82, 2.24) is 5.32 Å². The Morgan fingerprint density at radius 1 is 1.45 bits per heavy atom. The van der Waals surface area contributed by atoms with Crippen LogP contribution in [0.25, 0.3) is 0 Å². The predicted octanol–water partition coefficient (Wildman–Crippen LogP) is 2.88. The molecule has 0 saturated heterocycles. The molecule has 1 rings (SSSR count). The molecule has 0 bridgehead atoms. The Kier molecular flexibility index (Phi) is 4.88. The minimum absolute atomic E-state index is 0.331. The van der Waals surface area contributed by atoms with E-state index in [1.165, 1.54) is 0 Å². The quantitative estimate of drug-likeness (QED) is 0.516. The van der Waals surface area contributed by atoms with Gasteiger partial charge in [0.2, 0.25) is 0 Å². The molecule has 5 nitrogen and oxygen atoms in total. The number of non-ortho nitro benzene ring substituents is 1. The molecule has 0 aliphatic carbocycles. The normalized spacial score (nSPS) is 11.5. The summed E-state index contributed by atoms with van der Waals surface area (Å²) in [5, 5.41) is 11.7. The summed E-state index contributed by atoms with van der Waals surface area (Å²) in [6.45, 7) is -1.57. The van der Waals surface area contributed by atoms with Crippen LogP contribution in [0.15, 0.2) is 18.2 Å². The Bertz CT molecular complexity index is 539. The Hall–Kier alpha value is -1.90. The fourth-order valence-corrected chi connectivity index (χ4v) is 1.43. The van der Waals surface area contributed by atoms with Crippen LogP contribution >= 0.6 is 11.6 Å². The van der Waals surface area contributed by atoms with Crippen LogP contribution in [0.5, 0.6) is 0 Å². The summed E-state index contributed by atoms with van der Waals surface area (Å²) >= 11 is 5.58. The van der Waals surface area contributed by atoms with Gasteiger partial charge in [0, 0.05) is 12.1 Å². The molecule has 0 saturated carbocycles. The first-order valence-electron chi connectivity index (χ1n) is 5.03. The molecule has 110 valence electrons. The standard InChI is InChI=1S/C10H7ClF4N2O3/c11-7-3-5(17(19)20)1-2-6(7)8(18)16-4-10(14,15)9(12)13/h1-3,9H,4H2,(H,16,18). The van der Waals surface area contributed by atoms with Crippen molar-refractivity contribution in [2.45, 2.75) is 12.3 Å². The molecule has 0 heterocycles. The molecule has 1 amide bonds. The van der Waals surface area contributed by atoms with Gasteiger partial charge in [-0.15, -0.1) is 0 Å². The third-order valence-electron chi connectivity index (χ3n) is 2.21. The van der Waals surface area contributed by atoms with E-state index in [9.17, 15) is 32.5 Å². The molecule has 0 fully saturated rings. The van der Waals surface area contributed by atoms with Crippen molar-refractivity contribution >= 4 is 23.2 Å². The van der Waals surface area contributed by atoms with Gasteiger partial charge in [0.25, 0.3) is 11.6 Å². The molecule has 20 heavy (non-hydrogen) atoms. The van der Waals surface area contributed by atoms with Crippen molar-refractivity contribution in [2.24, 2.45) is 0 Å². The maximum Gasteiger partial charge on any atom is 0.324 e. The van der Waals surface area contributed by atoms with Gasteiger partial charge < -0.3 is 5.32 Å². The second-order valence-electron chi connectivity index (χ2n) is 3.67. The number of alkyl halides is 4. The molecule has 0 radical (unpaired) electrons. The highest BCUT2D eigenvalue weighted by Gasteiger charge is 2.40. The fourth-order valence-electron chi connectivity index (χ4n) is 1.17. The average Bonchev–Trinajstić information content (AvgIpc) is 2.35. The molecule has 0 aliphatic heterocycles. The summed E-state index contributed by atoms with van der Waals surface area (Å²) in [5.74, 6) is -5.51. The van der Waals surface area contributed by atoms with Gasteiger partial charge in [-0.05, 0) is 6.07 Å². The summed E-state index contributed by atoms with van der Waals surface area (Å²) in [6, 6.07) is 2.73. The molecule has 1 aromatic rings. The highest BCUT2D eigenvalue weighted by Crippen LogP contribution is 2.24. The van der Waals surface area contributed by atoms with Crippen LogP contribution < -0.4 is 5.32 Å². The van der Waals surface area contributed by atoms with E-state index in [0.29, 0.717) is 0 Å². The zero-order valence-electron chi connectivity index (χ0n) is 9.58. The van der Waals surface area contributed by atoms with Crippen LogP contribution in [0.3, 0.4) is 0 Å². The summed E-state index contributed by atoms with van der Waals surface area (Å²) in [7, 11) is 0. The lowest BCUT2D eigenvalue weighted by Gasteiger charge is -2.15. The van der Waals surface area contributed by atoms with E-state index in [-0.39, 0.29) is 10.6 Å². The van der Waals surface area contributed by atoms with Crippen molar-refractivity contribution in [3.05, 3.63) is 38.9 Å². The molecule has 0 spiro atoms. The highest BCUT2D eigenvalue weighted by atomic mass is 35.5. The van der Waals surface area contributed by atoms with Crippen LogP contribution in [0.4, 0.5) is 23.2 Å². The van der Waals surface area contributed by atoms with Gasteiger partial charge >= 0.3 is 12.3 Å². The monoisotopic (exact) mass is 314 g/mol. The second-order valence-corrected chi connectivity index (χ2v) is 4.07. The molecule has 0 unspecified atom stereocenters. The van der Waals surface area contributed by atoms with Gasteiger partial charge in [0.15, 0.2) is 0 Å². The molecule has 10 heteroatoms. The van der Waals surface area contributed by atoms with Crippen molar-refractivity contribution in [3.8, 4) is 0 Å². The van der Waals surface area contributed by atoms with Crippen LogP contribution in [0.2, 0.25) is 5.02 Å². The van der Waals surface area contributed by atoms with Crippen molar-refractivity contribution in [3.63, 3.8) is 0 Å². The number of hydrogen-bond acceptors (Lipinski definition) is 3. The topological polar surface area (TPSA) is 72.2 Å². The highest BCUT2D eigenvalue weighted by molar-refractivity contribution is 6.34. The number of halogens is 5. The van der Waals surface area contributed by atoms with E-state index < -0.39 is 35.4 Å². The number of benzene rings is 1. The van der Waals surface area contributed by atoms with Crippen molar-refractivity contribution in [2.75, 3.05) is 6.54 Å². The van der Waals surface area contributed by atoms with E-state index >= 15 is 0 Å². The van der Waals surface area contributed by atoms with E-state index in [1.54, 1.807) is 5.32 Å². The van der Waals surface area contributed by atoms with Crippen LogP contribution in [0.1, 0.15) is 10.4 Å². The fraction of sp³-hybridized carbons (Fsp3) is 0.300. The zero-order valence-corrected chi connectivity index (χ0v) is 10.3. The number of nitro groups is 1. The third kappa shape index (κ3) is 3.80. The number of nitrogens with one attached hydrogen (secondary N) is 1. The molecule has 0 atom stereocenters. The number of amides is 1. The van der Waals surface area contributed by atoms with Gasteiger partial charge in [-0.3, -0.25) is 14.9 Å². The second kappa shape index (κ2) is 6.04. The number of carbonyl (C=O) groups is 1. The lowest BCUT2D eigenvalue weighted by Crippen LogP contribution is -2.41. The maximum atomic E-state index is 12.6. The van der Waals surface area contributed by atoms with Crippen LogP contribution in [-0.4, -0.2) is 29.7 Å². The van der Waals surface area contributed by atoms with Crippen molar-refractivity contribution < 1.29 is 27.3 Å². The number of hydrogen-bond donors (Lipinski definition) is 1. The Morgan fingerprint density at radius 3 is 2.50 bits per heavy atom. The first-order chi connectivity index (χ1) is 9.15. The number of rotatable bonds is 5. The van der Waals surface area contributed by atoms with Crippen LogP contribution in [0, 0.1) is 10.1 Å². The van der Waals surface area contributed by atoms with E-state index in [4.69, 9.17) is 11.6 Å². The average molecular weight is 315 g/mol. The lowest BCUT2D eigenvalue weighted by molar-refractivity contribution is -0.384. The molecular weight excluding hydrogens is 308 g/mol. The SMILES string of the molecule is O=C(NCC(F)(F)C(F)F)c1ccc([N+](=O)[O-])cc1Cl. The summed E-state index contributed by atoms with van der Waals surface area (Å²) in [5.41, 5.74) is -0.730. The first kappa shape index (κ1) is 16.2. The third-order valence-corrected chi connectivity index (χ3v) is 2.52. The van der Waals surface area contributed by atoms with Gasteiger partial charge in [0.1, 0.15) is 0 Å². The molecule has 0 aliphatic rings. The van der Waals surface area contributed by atoms with E-state index in [1.807, 2.05) is 0 Å². The maximum absolute atomic E-state index is 12.6. The summed E-state index contributed by atoms with van der Waals surface area (Å²) in [4.78, 5) is 21.1. The van der Waals surface area contributed by atoms with E-state index in [0.717, 1.165) is 18.2 Å². The summed E-state index contributed by atoms with van der Waals surface area (Å²) < 4.78 is 49.0. The van der Waals surface area contributed by atoms with Gasteiger partial charge in [-0.2, -0.15) is 8.78 Å². The zero-order chi connectivity index (χ0) is 15.5. The van der Waals surface area contributed by atoms with Gasteiger partial charge in [-0.1, -0.05) is 11.6 Å². The Balaban J connectivity index is 2.81. The lowest BCUT2D eigenvalue weighted by atomic mass is 10.2. The number of carbonyl (C=O) groups excluding carboxylic acids is 1. The first-order valence-corrected chi connectivity index (χ1v) is 5.41. The molecule has 0 aromatic heterocycles. The Labute approximate surface area is 114 Å². The van der Waals surface area contributed by atoms with E-state index in [2.05, 4.69) is 0 Å². The smallest absolute Gasteiger partial charge is 0.324 e. The van der Waals surface area contributed by atoms with Crippen molar-refractivity contribution in [1.29, 1.82) is 0 Å². The molecular formula is C10H7ClF4N2O3. The van der Waals surface area contributed by atoms with Gasteiger partial charge in [0.05, 0.1) is 22.1 Å².